The number of carbonyl (C=O) groups is 1. The van der Waals surface area contributed by atoms with Crippen LogP contribution in [-0.4, -0.2) is 25.9 Å². The van der Waals surface area contributed by atoms with E-state index in [1.54, 1.807) is 6.07 Å². The monoisotopic (exact) mass is 317 g/mol. The van der Waals surface area contributed by atoms with E-state index in [0.29, 0.717) is 17.3 Å². The Bertz CT molecular complexity index is 1040. The number of rotatable bonds is 4. The van der Waals surface area contributed by atoms with Crippen molar-refractivity contribution in [3.63, 3.8) is 0 Å². The summed E-state index contributed by atoms with van der Waals surface area (Å²) >= 11 is 0. The molecule has 6 heteroatoms. The molecule has 0 amide bonds. The maximum Gasteiger partial charge on any atom is 0.257 e. The number of carbonyl (C=O) groups excluding carboxylic acids is 1. The molecule has 0 spiro atoms. The second-order valence-electron chi connectivity index (χ2n) is 5.46. The summed E-state index contributed by atoms with van der Waals surface area (Å²) in [5, 5.41) is 12.6. The molecule has 0 unspecified atom stereocenters. The average molecular weight is 317 g/mol. The third kappa shape index (κ3) is 2.28. The molecule has 0 saturated heterocycles. The van der Waals surface area contributed by atoms with E-state index in [4.69, 9.17) is 0 Å². The number of hydrogen-bond acceptors (Lipinski definition) is 5. The second-order valence-corrected chi connectivity index (χ2v) is 5.46. The zero-order chi connectivity index (χ0) is 16.5. The molecular weight excluding hydrogens is 302 g/mol. The Balaban J connectivity index is 1.99. The van der Waals surface area contributed by atoms with Crippen molar-refractivity contribution in [2.24, 2.45) is 0 Å². The lowest BCUT2D eigenvalue weighted by atomic mass is 10.1. The van der Waals surface area contributed by atoms with Crippen molar-refractivity contribution < 1.29 is 4.79 Å². The van der Waals surface area contributed by atoms with Gasteiger partial charge >= 0.3 is 0 Å². The first kappa shape index (κ1) is 14.3. The maximum absolute atomic E-state index is 11.2. The van der Waals surface area contributed by atoms with E-state index in [0.717, 1.165) is 35.0 Å². The molecule has 0 saturated carbocycles. The molecule has 2 heterocycles. The molecule has 0 radical (unpaired) electrons. The molecule has 2 aromatic carbocycles. The van der Waals surface area contributed by atoms with Gasteiger partial charge in [0, 0.05) is 16.6 Å². The molecule has 118 valence electrons. The molecule has 6 nitrogen and oxygen atoms in total. The van der Waals surface area contributed by atoms with Crippen molar-refractivity contribution in [2.45, 2.75) is 13.3 Å². The van der Waals surface area contributed by atoms with Crippen LogP contribution in [0.2, 0.25) is 0 Å². The highest BCUT2D eigenvalue weighted by atomic mass is 16.1. The van der Waals surface area contributed by atoms with Crippen LogP contribution in [0.15, 0.2) is 48.5 Å². The average Bonchev–Trinajstić information content (AvgIpc) is 3.04. The van der Waals surface area contributed by atoms with Crippen LogP contribution in [0.3, 0.4) is 0 Å². The molecule has 2 aromatic heterocycles. The van der Waals surface area contributed by atoms with E-state index in [9.17, 15) is 4.79 Å². The van der Waals surface area contributed by atoms with E-state index in [1.807, 2.05) is 53.8 Å². The van der Waals surface area contributed by atoms with Gasteiger partial charge in [0.1, 0.15) is 6.29 Å². The number of hydrogen-bond donors (Lipinski definition) is 1. The van der Waals surface area contributed by atoms with Crippen LogP contribution in [0.1, 0.15) is 23.0 Å². The fourth-order valence-electron chi connectivity index (χ4n) is 2.80. The minimum atomic E-state index is 0.515. The molecule has 1 N–H and O–H groups in total. The van der Waals surface area contributed by atoms with E-state index >= 15 is 0 Å². The minimum Gasteiger partial charge on any atom is -0.324 e. The first-order valence-corrected chi connectivity index (χ1v) is 7.75. The number of anilines is 2. The molecule has 4 rings (SSSR count). The van der Waals surface area contributed by atoms with Crippen molar-refractivity contribution >= 4 is 34.6 Å². The zero-order valence-corrected chi connectivity index (χ0v) is 13.1. The Morgan fingerprint density at radius 2 is 1.96 bits per heavy atom. The summed E-state index contributed by atoms with van der Waals surface area (Å²) in [4.78, 5) is 15.8. The molecule has 0 aliphatic carbocycles. The quantitative estimate of drug-likeness (QED) is 0.584. The largest absolute Gasteiger partial charge is 0.324 e. The molecule has 0 aliphatic rings. The van der Waals surface area contributed by atoms with Gasteiger partial charge in [0.2, 0.25) is 5.95 Å². The first-order valence-electron chi connectivity index (χ1n) is 7.75. The van der Waals surface area contributed by atoms with Crippen LogP contribution in [0.25, 0.3) is 16.7 Å². The Labute approximate surface area is 138 Å². The highest BCUT2D eigenvalue weighted by molar-refractivity contribution is 5.90. The third-order valence-electron chi connectivity index (χ3n) is 3.96. The van der Waals surface area contributed by atoms with E-state index in [2.05, 4.69) is 20.5 Å². The summed E-state index contributed by atoms with van der Waals surface area (Å²) in [6.07, 6.45) is 1.62. The number of para-hydroxylation sites is 1. The van der Waals surface area contributed by atoms with Crippen molar-refractivity contribution in [1.82, 2.24) is 19.6 Å². The van der Waals surface area contributed by atoms with Gasteiger partial charge in [-0.3, -0.25) is 4.79 Å². The molecule has 0 fully saturated rings. The minimum absolute atomic E-state index is 0.515. The molecule has 0 bridgehead atoms. The van der Waals surface area contributed by atoms with Crippen LogP contribution in [-0.2, 0) is 6.42 Å². The fourth-order valence-corrected chi connectivity index (χ4v) is 2.80. The summed E-state index contributed by atoms with van der Waals surface area (Å²) in [5.74, 6) is 1.08. The standard InChI is InChI=1S/C18H15N5O/c1-2-15-14-9-8-12(11-24)10-16(14)23-17(21-22-18(23)20-15)19-13-6-4-3-5-7-13/h3-11H,2H2,1H3,(H,19,21). The van der Waals surface area contributed by atoms with E-state index in [-0.39, 0.29) is 0 Å². The topological polar surface area (TPSA) is 72.2 Å². The fraction of sp³-hybridized carbons (Fsp3) is 0.111. The van der Waals surface area contributed by atoms with Gasteiger partial charge < -0.3 is 5.32 Å². The smallest absolute Gasteiger partial charge is 0.257 e. The molecule has 0 atom stereocenters. The Kier molecular flexibility index (Phi) is 3.42. The van der Waals surface area contributed by atoms with Gasteiger partial charge in [-0.1, -0.05) is 37.3 Å². The predicted octanol–water partition coefficient (Wildman–Crippen LogP) is 3.40. The van der Waals surface area contributed by atoms with Gasteiger partial charge in [0.15, 0.2) is 0 Å². The van der Waals surface area contributed by atoms with Gasteiger partial charge in [0.25, 0.3) is 5.78 Å². The lowest BCUT2D eigenvalue weighted by Gasteiger charge is -2.09. The molecule has 4 aromatic rings. The maximum atomic E-state index is 11.2. The lowest BCUT2D eigenvalue weighted by Crippen LogP contribution is -2.02. The van der Waals surface area contributed by atoms with Crippen LogP contribution in [0.4, 0.5) is 11.6 Å². The van der Waals surface area contributed by atoms with E-state index < -0.39 is 0 Å². The van der Waals surface area contributed by atoms with Gasteiger partial charge in [-0.05, 0) is 24.6 Å². The Hall–Kier alpha value is -3.28. The summed E-state index contributed by atoms with van der Waals surface area (Å²) < 4.78 is 1.84. The van der Waals surface area contributed by atoms with Crippen LogP contribution in [0, 0.1) is 0 Å². The van der Waals surface area contributed by atoms with Crippen LogP contribution < -0.4 is 5.32 Å². The Morgan fingerprint density at radius 3 is 2.71 bits per heavy atom. The summed E-state index contributed by atoms with van der Waals surface area (Å²) in [6, 6.07) is 15.3. The summed E-state index contributed by atoms with van der Waals surface area (Å²) in [7, 11) is 0. The van der Waals surface area contributed by atoms with Crippen molar-refractivity contribution in [2.75, 3.05) is 5.32 Å². The number of nitrogens with zero attached hydrogens (tertiary/aromatic N) is 4. The number of benzene rings is 2. The number of aryl methyl sites for hydroxylation is 1. The summed E-state index contributed by atoms with van der Waals surface area (Å²) in [6.45, 7) is 2.05. The van der Waals surface area contributed by atoms with Crippen molar-refractivity contribution in [1.29, 1.82) is 0 Å². The number of fused-ring (bicyclic) bond motifs is 3. The number of aromatic nitrogens is 4. The number of nitrogens with one attached hydrogen (secondary N) is 1. The van der Waals surface area contributed by atoms with Gasteiger partial charge in [-0.25, -0.2) is 9.38 Å². The van der Waals surface area contributed by atoms with Gasteiger partial charge in [-0.2, -0.15) is 0 Å². The van der Waals surface area contributed by atoms with Gasteiger partial charge in [-0.15, -0.1) is 10.2 Å². The lowest BCUT2D eigenvalue weighted by molar-refractivity contribution is 0.112. The van der Waals surface area contributed by atoms with E-state index in [1.165, 1.54) is 0 Å². The molecule has 24 heavy (non-hydrogen) atoms. The molecule has 0 aliphatic heterocycles. The summed E-state index contributed by atoms with van der Waals surface area (Å²) in [5.41, 5.74) is 3.32. The second kappa shape index (κ2) is 5.73. The molecular formula is C18H15N5O. The number of aldehydes is 1. The van der Waals surface area contributed by atoms with Crippen molar-refractivity contribution in [3.05, 3.63) is 59.8 Å². The Morgan fingerprint density at radius 1 is 1.12 bits per heavy atom. The zero-order valence-electron chi connectivity index (χ0n) is 13.1. The van der Waals surface area contributed by atoms with Crippen LogP contribution in [0.5, 0.6) is 0 Å². The van der Waals surface area contributed by atoms with Gasteiger partial charge in [0.05, 0.1) is 11.2 Å². The first-order chi connectivity index (χ1) is 11.8. The highest BCUT2D eigenvalue weighted by Crippen LogP contribution is 2.24. The SMILES string of the molecule is CCc1nc2nnc(Nc3ccccc3)n2c2cc(C=O)ccc12. The predicted molar refractivity (Wildman–Crippen MR) is 92.8 cm³/mol. The van der Waals surface area contributed by atoms with Crippen LogP contribution >= 0.6 is 0 Å². The third-order valence-corrected chi connectivity index (χ3v) is 3.96. The van der Waals surface area contributed by atoms with Crippen molar-refractivity contribution in [3.8, 4) is 0 Å². The highest BCUT2D eigenvalue weighted by Gasteiger charge is 2.14. The normalized spacial score (nSPS) is 11.0.